The van der Waals surface area contributed by atoms with Crippen molar-refractivity contribution >= 4 is 5.69 Å². The van der Waals surface area contributed by atoms with E-state index in [4.69, 9.17) is 10.5 Å². The molecule has 1 aromatic rings. The Morgan fingerprint density at radius 3 is 2.90 bits per heavy atom. The molecule has 2 rings (SSSR count). The summed E-state index contributed by atoms with van der Waals surface area (Å²) >= 11 is 0. The Morgan fingerprint density at radius 1 is 1.43 bits per heavy atom. The van der Waals surface area contributed by atoms with Crippen LogP contribution in [0.4, 0.5) is 5.69 Å². The zero-order chi connectivity index (χ0) is 15.2. The quantitative estimate of drug-likeness (QED) is 0.791. The predicted octanol–water partition coefficient (Wildman–Crippen LogP) is 2.97. The molecule has 0 aliphatic carbocycles. The van der Waals surface area contributed by atoms with E-state index < -0.39 is 6.10 Å². The third kappa shape index (κ3) is 4.11. The van der Waals surface area contributed by atoms with Gasteiger partial charge in [0, 0.05) is 12.6 Å². The molecule has 118 valence electrons. The van der Waals surface area contributed by atoms with Crippen LogP contribution >= 0.6 is 0 Å². The van der Waals surface area contributed by atoms with Crippen LogP contribution in [0.15, 0.2) is 18.2 Å². The highest BCUT2D eigenvalue weighted by molar-refractivity contribution is 5.54. The molecule has 0 saturated carbocycles. The fraction of sp³-hybridized carbons (Fsp3) is 0.647. The highest BCUT2D eigenvalue weighted by Crippen LogP contribution is 2.27. The first-order chi connectivity index (χ1) is 10.2. The third-order valence-electron chi connectivity index (χ3n) is 4.55. The number of nitrogens with two attached hydrogens (primary N) is 1. The first-order valence-corrected chi connectivity index (χ1v) is 8.01. The van der Waals surface area contributed by atoms with Gasteiger partial charge in [0.2, 0.25) is 0 Å². The Hall–Kier alpha value is -1.26. The van der Waals surface area contributed by atoms with Crippen LogP contribution in [-0.2, 0) is 0 Å². The first-order valence-electron chi connectivity index (χ1n) is 8.01. The lowest BCUT2D eigenvalue weighted by molar-refractivity contribution is 0.101. The number of piperidine rings is 1. The minimum atomic E-state index is -0.461. The molecule has 1 saturated heterocycles. The number of benzene rings is 1. The number of aliphatic hydroxyl groups is 1. The van der Waals surface area contributed by atoms with Crippen LogP contribution in [0.25, 0.3) is 0 Å². The third-order valence-corrected chi connectivity index (χ3v) is 4.55. The molecule has 0 radical (unpaired) electrons. The van der Waals surface area contributed by atoms with Gasteiger partial charge in [0.15, 0.2) is 0 Å². The van der Waals surface area contributed by atoms with E-state index in [-0.39, 0.29) is 0 Å². The number of anilines is 1. The molecular formula is C17H28N2O2. The van der Waals surface area contributed by atoms with Crippen molar-refractivity contribution in [1.29, 1.82) is 0 Å². The lowest BCUT2D eigenvalue weighted by atomic mass is 9.98. The number of likely N-dealkylation sites (tertiary alicyclic amines) is 1. The molecule has 0 amide bonds. The molecule has 1 aliphatic rings. The maximum Gasteiger partial charge on any atom is 0.141 e. The van der Waals surface area contributed by atoms with E-state index in [0.29, 0.717) is 17.5 Å². The Bertz CT molecular complexity index is 450. The van der Waals surface area contributed by atoms with Crippen molar-refractivity contribution in [3.63, 3.8) is 0 Å². The number of nitrogens with zero attached hydrogens (tertiary/aromatic N) is 1. The van der Waals surface area contributed by atoms with Crippen molar-refractivity contribution < 1.29 is 9.84 Å². The van der Waals surface area contributed by atoms with Crippen molar-refractivity contribution in [1.82, 2.24) is 4.90 Å². The topological polar surface area (TPSA) is 58.7 Å². The number of nitrogen functional groups attached to an aromatic ring is 1. The van der Waals surface area contributed by atoms with Crippen molar-refractivity contribution in [2.75, 3.05) is 25.9 Å². The van der Waals surface area contributed by atoms with Gasteiger partial charge < -0.3 is 20.5 Å². The monoisotopic (exact) mass is 292 g/mol. The van der Waals surface area contributed by atoms with Gasteiger partial charge in [0.1, 0.15) is 5.75 Å². The van der Waals surface area contributed by atoms with E-state index in [1.807, 2.05) is 18.2 Å². The van der Waals surface area contributed by atoms with Crippen LogP contribution in [0, 0.1) is 0 Å². The average Bonchev–Trinajstić information content (AvgIpc) is 2.52. The molecule has 0 spiro atoms. The number of ether oxygens (including phenoxy) is 1. The molecule has 1 aliphatic heterocycles. The van der Waals surface area contributed by atoms with E-state index in [0.717, 1.165) is 25.1 Å². The summed E-state index contributed by atoms with van der Waals surface area (Å²) in [5, 5.41) is 10.4. The summed E-state index contributed by atoms with van der Waals surface area (Å²) in [5.74, 6) is 0.660. The highest BCUT2D eigenvalue weighted by atomic mass is 16.5. The van der Waals surface area contributed by atoms with Crippen LogP contribution in [0.3, 0.4) is 0 Å². The lowest BCUT2D eigenvalue weighted by Crippen LogP contribution is -2.40. The summed E-state index contributed by atoms with van der Waals surface area (Å²) in [6.07, 6.45) is 5.41. The first kappa shape index (κ1) is 16.1. The van der Waals surface area contributed by atoms with Gasteiger partial charge in [0.25, 0.3) is 0 Å². The van der Waals surface area contributed by atoms with Gasteiger partial charge in [-0.2, -0.15) is 0 Å². The maximum absolute atomic E-state index is 10.4. The number of aliphatic hydroxyl groups excluding tert-OH is 1. The van der Waals surface area contributed by atoms with Crippen molar-refractivity contribution in [3.05, 3.63) is 23.8 Å². The predicted molar refractivity (Wildman–Crippen MR) is 86.5 cm³/mol. The summed E-state index contributed by atoms with van der Waals surface area (Å²) in [6, 6.07) is 6.22. The van der Waals surface area contributed by atoms with Gasteiger partial charge >= 0.3 is 0 Å². The average molecular weight is 292 g/mol. The van der Waals surface area contributed by atoms with Crippen molar-refractivity contribution in [3.8, 4) is 5.75 Å². The summed E-state index contributed by atoms with van der Waals surface area (Å²) < 4.78 is 5.15. The minimum Gasteiger partial charge on any atom is -0.495 e. The van der Waals surface area contributed by atoms with Gasteiger partial charge in [-0.15, -0.1) is 0 Å². The Labute approximate surface area is 127 Å². The van der Waals surface area contributed by atoms with Gasteiger partial charge in [-0.1, -0.05) is 19.4 Å². The molecule has 1 fully saturated rings. The second-order valence-corrected chi connectivity index (χ2v) is 5.90. The molecule has 2 unspecified atom stereocenters. The Kier molecular flexibility index (Phi) is 5.88. The molecule has 4 nitrogen and oxygen atoms in total. The van der Waals surface area contributed by atoms with E-state index in [1.165, 1.54) is 25.7 Å². The molecule has 3 N–H and O–H groups in total. The molecule has 1 aromatic carbocycles. The lowest BCUT2D eigenvalue weighted by Gasteiger charge is -2.35. The molecular weight excluding hydrogens is 264 g/mol. The van der Waals surface area contributed by atoms with Crippen LogP contribution in [0.1, 0.15) is 50.7 Å². The van der Waals surface area contributed by atoms with Gasteiger partial charge in [-0.3, -0.25) is 0 Å². The molecule has 1 heterocycles. The summed E-state index contributed by atoms with van der Waals surface area (Å²) in [7, 11) is 1.60. The SMILES string of the molecule is CCC1CCCCN1CCC(O)c1ccc(OC)c(N)c1. The van der Waals surface area contributed by atoms with E-state index >= 15 is 0 Å². The van der Waals surface area contributed by atoms with Gasteiger partial charge in [-0.05, 0) is 49.9 Å². The second-order valence-electron chi connectivity index (χ2n) is 5.90. The normalized spacial score (nSPS) is 21.2. The standard InChI is InChI=1S/C17H28N2O2/c1-3-14-6-4-5-10-19(14)11-9-16(20)13-7-8-17(21-2)15(18)12-13/h7-8,12,14,16,20H,3-6,9-11,18H2,1-2H3. The van der Waals surface area contributed by atoms with E-state index in [2.05, 4.69) is 11.8 Å². The van der Waals surface area contributed by atoms with Gasteiger partial charge in [0.05, 0.1) is 18.9 Å². The summed E-state index contributed by atoms with van der Waals surface area (Å²) in [4.78, 5) is 2.53. The molecule has 4 heteroatoms. The van der Waals surface area contributed by atoms with Gasteiger partial charge in [-0.25, -0.2) is 0 Å². The number of rotatable bonds is 6. The van der Waals surface area contributed by atoms with Crippen LogP contribution in [0.2, 0.25) is 0 Å². The van der Waals surface area contributed by atoms with E-state index in [1.54, 1.807) is 7.11 Å². The Morgan fingerprint density at radius 2 is 2.24 bits per heavy atom. The van der Waals surface area contributed by atoms with Crippen LogP contribution in [0.5, 0.6) is 5.75 Å². The minimum absolute atomic E-state index is 0.461. The second kappa shape index (κ2) is 7.66. The maximum atomic E-state index is 10.4. The summed E-state index contributed by atoms with van der Waals surface area (Å²) in [5.41, 5.74) is 7.36. The zero-order valence-corrected chi connectivity index (χ0v) is 13.2. The number of hydrogen-bond donors (Lipinski definition) is 2. The molecule has 0 aromatic heterocycles. The molecule has 21 heavy (non-hydrogen) atoms. The van der Waals surface area contributed by atoms with Crippen LogP contribution < -0.4 is 10.5 Å². The number of hydrogen-bond acceptors (Lipinski definition) is 4. The largest absolute Gasteiger partial charge is 0.495 e. The molecule has 2 atom stereocenters. The Balaban J connectivity index is 1.91. The van der Waals surface area contributed by atoms with Crippen LogP contribution in [-0.4, -0.2) is 36.2 Å². The van der Waals surface area contributed by atoms with Crippen molar-refractivity contribution in [2.45, 2.75) is 51.2 Å². The van der Waals surface area contributed by atoms with Crippen molar-refractivity contribution in [2.24, 2.45) is 0 Å². The fourth-order valence-corrected chi connectivity index (χ4v) is 3.23. The fourth-order valence-electron chi connectivity index (χ4n) is 3.23. The van der Waals surface area contributed by atoms with E-state index in [9.17, 15) is 5.11 Å². The highest BCUT2D eigenvalue weighted by Gasteiger charge is 2.21. The zero-order valence-electron chi connectivity index (χ0n) is 13.2. The number of methoxy groups -OCH3 is 1. The summed E-state index contributed by atoms with van der Waals surface area (Å²) in [6.45, 7) is 4.37. The smallest absolute Gasteiger partial charge is 0.141 e. The molecule has 0 bridgehead atoms.